The summed E-state index contributed by atoms with van der Waals surface area (Å²) in [6, 6.07) is 8.28. The van der Waals surface area contributed by atoms with E-state index in [9.17, 15) is 4.79 Å². The number of aryl methyl sites for hydroxylation is 1. The summed E-state index contributed by atoms with van der Waals surface area (Å²) in [6.07, 6.45) is 0. The molecule has 0 aliphatic carbocycles. The Morgan fingerprint density at radius 3 is 2.72 bits per heavy atom. The summed E-state index contributed by atoms with van der Waals surface area (Å²) in [4.78, 5) is 12.2. The third-order valence-electron chi connectivity index (χ3n) is 3.87. The fourth-order valence-electron chi connectivity index (χ4n) is 2.63. The first-order valence-electron chi connectivity index (χ1n) is 6.66. The van der Waals surface area contributed by atoms with Gasteiger partial charge in [0, 0.05) is 6.54 Å². The summed E-state index contributed by atoms with van der Waals surface area (Å²) in [7, 11) is 0. The number of hydrogen-bond acceptors (Lipinski definition) is 2. The van der Waals surface area contributed by atoms with Crippen molar-refractivity contribution in [1.29, 1.82) is 0 Å². The van der Waals surface area contributed by atoms with E-state index in [0.29, 0.717) is 5.92 Å². The van der Waals surface area contributed by atoms with Crippen molar-refractivity contribution in [2.75, 3.05) is 13.1 Å². The van der Waals surface area contributed by atoms with Crippen molar-refractivity contribution in [1.82, 2.24) is 10.6 Å². The van der Waals surface area contributed by atoms with Crippen LogP contribution in [0.3, 0.4) is 0 Å². The van der Waals surface area contributed by atoms with E-state index in [1.54, 1.807) is 0 Å². The zero-order chi connectivity index (χ0) is 13.1. The number of carbonyl (C=O) groups excluding carboxylic acids is 1. The lowest BCUT2D eigenvalue weighted by atomic mass is 9.96. The summed E-state index contributed by atoms with van der Waals surface area (Å²) in [5, 5.41) is 6.40. The van der Waals surface area contributed by atoms with E-state index in [-0.39, 0.29) is 17.9 Å². The number of rotatable bonds is 3. The van der Waals surface area contributed by atoms with Crippen LogP contribution in [0.4, 0.5) is 0 Å². The van der Waals surface area contributed by atoms with Gasteiger partial charge in [-0.3, -0.25) is 4.79 Å². The van der Waals surface area contributed by atoms with Crippen molar-refractivity contribution in [3.8, 4) is 0 Å². The molecule has 1 aliphatic heterocycles. The smallest absolute Gasteiger partial charge is 0.225 e. The van der Waals surface area contributed by atoms with E-state index in [2.05, 4.69) is 36.6 Å². The van der Waals surface area contributed by atoms with Gasteiger partial charge in [0.15, 0.2) is 0 Å². The van der Waals surface area contributed by atoms with Crippen molar-refractivity contribution in [3.63, 3.8) is 0 Å². The van der Waals surface area contributed by atoms with E-state index in [0.717, 1.165) is 13.1 Å². The molecule has 0 aromatic heterocycles. The largest absolute Gasteiger partial charge is 0.349 e. The number of hydrogen-bond donors (Lipinski definition) is 2. The molecule has 0 bridgehead atoms. The Balaban J connectivity index is 2.01. The Morgan fingerprint density at radius 2 is 2.11 bits per heavy atom. The Labute approximate surface area is 109 Å². The molecule has 0 saturated carbocycles. The minimum Gasteiger partial charge on any atom is -0.349 e. The van der Waals surface area contributed by atoms with Gasteiger partial charge in [-0.2, -0.15) is 0 Å². The van der Waals surface area contributed by atoms with Crippen LogP contribution in [-0.4, -0.2) is 19.0 Å². The normalized spacial score (nSPS) is 24.8. The highest BCUT2D eigenvalue weighted by atomic mass is 16.2. The van der Waals surface area contributed by atoms with Gasteiger partial charge in [0.2, 0.25) is 5.91 Å². The maximum atomic E-state index is 12.2. The van der Waals surface area contributed by atoms with Crippen LogP contribution in [0.2, 0.25) is 0 Å². The second-order valence-corrected chi connectivity index (χ2v) is 5.33. The molecule has 2 unspecified atom stereocenters. The van der Waals surface area contributed by atoms with Crippen LogP contribution in [0.5, 0.6) is 0 Å². The zero-order valence-corrected chi connectivity index (χ0v) is 11.4. The first-order chi connectivity index (χ1) is 8.59. The molecule has 18 heavy (non-hydrogen) atoms. The molecule has 1 heterocycles. The third kappa shape index (κ3) is 2.72. The van der Waals surface area contributed by atoms with Crippen LogP contribution in [0.25, 0.3) is 0 Å². The number of carbonyl (C=O) groups is 1. The van der Waals surface area contributed by atoms with E-state index >= 15 is 0 Å². The second-order valence-electron chi connectivity index (χ2n) is 5.33. The Bertz CT molecular complexity index is 430. The van der Waals surface area contributed by atoms with Crippen molar-refractivity contribution in [2.24, 2.45) is 11.8 Å². The molecule has 0 radical (unpaired) electrons. The quantitative estimate of drug-likeness (QED) is 0.857. The summed E-state index contributed by atoms with van der Waals surface area (Å²) in [5.41, 5.74) is 2.42. The Morgan fingerprint density at radius 1 is 1.39 bits per heavy atom. The molecule has 1 aliphatic rings. The minimum atomic E-state index is 0.0755. The van der Waals surface area contributed by atoms with Crippen molar-refractivity contribution >= 4 is 5.91 Å². The summed E-state index contributed by atoms with van der Waals surface area (Å²) < 4.78 is 0. The topological polar surface area (TPSA) is 41.1 Å². The first kappa shape index (κ1) is 13.1. The van der Waals surface area contributed by atoms with Gasteiger partial charge < -0.3 is 10.6 Å². The second kappa shape index (κ2) is 5.53. The van der Waals surface area contributed by atoms with E-state index < -0.39 is 0 Å². The highest BCUT2D eigenvalue weighted by molar-refractivity contribution is 5.80. The van der Waals surface area contributed by atoms with Gasteiger partial charge in [-0.1, -0.05) is 31.2 Å². The standard InChI is InChI=1S/C15H22N2O/c1-10-6-4-5-7-13(10)12(3)17-15(18)14-9-16-8-11(14)2/h4-7,11-12,14,16H,8-9H2,1-3H3,(H,17,18)/t11?,12-,14?/m0/s1. The van der Waals surface area contributed by atoms with Gasteiger partial charge in [-0.15, -0.1) is 0 Å². The molecule has 3 nitrogen and oxygen atoms in total. The molecular formula is C15H22N2O. The lowest BCUT2D eigenvalue weighted by Crippen LogP contribution is -2.36. The highest BCUT2D eigenvalue weighted by Gasteiger charge is 2.30. The van der Waals surface area contributed by atoms with E-state index in [1.165, 1.54) is 11.1 Å². The molecule has 1 saturated heterocycles. The van der Waals surface area contributed by atoms with Gasteiger partial charge >= 0.3 is 0 Å². The molecule has 1 amide bonds. The molecule has 1 aromatic rings. The lowest BCUT2D eigenvalue weighted by molar-refractivity contribution is -0.126. The molecule has 1 fully saturated rings. The van der Waals surface area contributed by atoms with E-state index in [4.69, 9.17) is 0 Å². The van der Waals surface area contributed by atoms with Crippen LogP contribution in [-0.2, 0) is 4.79 Å². The molecule has 1 aromatic carbocycles. The average molecular weight is 246 g/mol. The lowest BCUT2D eigenvalue weighted by Gasteiger charge is -2.20. The van der Waals surface area contributed by atoms with Crippen LogP contribution in [0.15, 0.2) is 24.3 Å². The molecule has 2 N–H and O–H groups in total. The molecule has 0 spiro atoms. The number of amides is 1. The van der Waals surface area contributed by atoms with Crippen molar-refractivity contribution in [3.05, 3.63) is 35.4 Å². The van der Waals surface area contributed by atoms with Crippen LogP contribution in [0.1, 0.15) is 31.0 Å². The van der Waals surface area contributed by atoms with Gasteiger partial charge in [0.1, 0.15) is 0 Å². The first-order valence-corrected chi connectivity index (χ1v) is 6.66. The minimum absolute atomic E-state index is 0.0755. The molecule has 2 rings (SSSR count). The predicted molar refractivity (Wildman–Crippen MR) is 73.3 cm³/mol. The summed E-state index contributed by atoms with van der Waals surface area (Å²) >= 11 is 0. The Kier molecular flexibility index (Phi) is 4.02. The van der Waals surface area contributed by atoms with Gasteiger partial charge in [-0.25, -0.2) is 0 Å². The van der Waals surface area contributed by atoms with Crippen LogP contribution < -0.4 is 10.6 Å². The van der Waals surface area contributed by atoms with Crippen molar-refractivity contribution in [2.45, 2.75) is 26.8 Å². The monoisotopic (exact) mass is 246 g/mol. The fourth-order valence-corrected chi connectivity index (χ4v) is 2.63. The third-order valence-corrected chi connectivity index (χ3v) is 3.87. The van der Waals surface area contributed by atoms with Gasteiger partial charge in [0.05, 0.1) is 12.0 Å². The van der Waals surface area contributed by atoms with Crippen LogP contribution in [0, 0.1) is 18.8 Å². The molecular weight excluding hydrogens is 224 g/mol. The van der Waals surface area contributed by atoms with Crippen molar-refractivity contribution < 1.29 is 4.79 Å². The fraction of sp³-hybridized carbons (Fsp3) is 0.533. The van der Waals surface area contributed by atoms with Crippen LogP contribution >= 0.6 is 0 Å². The number of nitrogens with one attached hydrogen (secondary N) is 2. The molecule has 98 valence electrons. The Hall–Kier alpha value is -1.35. The van der Waals surface area contributed by atoms with E-state index in [1.807, 2.05) is 19.1 Å². The molecule has 3 heteroatoms. The van der Waals surface area contributed by atoms with Gasteiger partial charge in [-0.05, 0) is 37.4 Å². The van der Waals surface area contributed by atoms with Gasteiger partial charge in [0.25, 0.3) is 0 Å². The zero-order valence-electron chi connectivity index (χ0n) is 11.4. The highest BCUT2D eigenvalue weighted by Crippen LogP contribution is 2.20. The maximum absolute atomic E-state index is 12.2. The molecule has 3 atom stereocenters. The number of benzene rings is 1. The maximum Gasteiger partial charge on any atom is 0.225 e. The average Bonchev–Trinajstić information content (AvgIpc) is 2.76. The summed E-state index contributed by atoms with van der Waals surface area (Å²) in [6.45, 7) is 8.00. The predicted octanol–water partition coefficient (Wildman–Crippen LogP) is 2.03. The summed E-state index contributed by atoms with van der Waals surface area (Å²) in [5.74, 6) is 0.703. The SMILES string of the molecule is Cc1ccccc1[C@H](C)NC(=O)C1CNCC1C.